The second kappa shape index (κ2) is 6.11. The minimum Gasteiger partial charge on any atom is -0.387 e. The molecule has 0 aliphatic carbocycles. The molecule has 2 saturated heterocycles. The number of hydrogen-bond acceptors (Lipinski definition) is 4. The Morgan fingerprint density at radius 2 is 2.00 bits per heavy atom. The lowest BCUT2D eigenvalue weighted by molar-refractivity contribution is -0.0720. The van der Waals surface area contributed by atoms with Gasteiger partial charge in [0, 0.05) is 39.0 Å². The molecular weight excluding hydrogens is 322 g/mol. The Labute approximate surface area is 138 Å². The second-order valence-electron chi connectivity index (χ2n) is 6.82. The van der Waals surface area contributed by atoms with Crippen LogP contribution in [0, 0.1) is 6.92 Å². The third-order valence-corrected chi connectivity index (χ3v) is 5.70. The third kappa shape index (κ3) is 3.89. The Morgan fingerprint density at radius 1 is 1.30 bits per heavy atom. The van der Waals surface area contributed by atoms with Gasteiger partial charge in [-0.05, 0) is 30.4 Å². The van der Waals surface area contributed by atoms with E-state index in [0.717, 1.165) is 5.56 Å². The summed E-state index contributed by atoms with van der Waals surface area (Å²) in [6.07, 6.45) is 0.191. The predicted octanol–water partition coefficient (Wildman–Crippen LogP) is 2.36. The first-order chi connectivity index (χ1) is 10.8. The first kappa shape index (κ1) is 16.8. The summed E-state index contributed by atoms with van der Waals surface area (Å²) in [4.78, 5) is 16.7. The SMILES string of the molecule is Cc1csc(C(=O)N2CC[C@@](O)(CN3CCC(F)(F)CC3)C2)c1. The molecule has 0 spiro atoms. The van der Waals surface area contributed by atoms with E-state index in [-0.39, 0.29) is 25.3 Å². The van der Waals surface area contributed by atoms with Crippen LogP contribution in [0.25, 0.3) is 0 Å². The standard InChI is InChI=1S/C16H22F2N2O2S/c1-12-8-13(23-9-12)14(21)20-7-2-15(22,11-20)10-19-5-3-16(17,18)4-6-19/h8-9,22H,2-7,10-11H2,1H3/t15-/m1/s1. The molecule has 7 heteroatoms. The summed E-state index contributed by atoms with van der Waals surface area (Å²) in [5.41, 5.74) is 0.0660. The van der Waals surface area contributed by atoms with Crippen molar-refractivity contribution in [2.24, 2.45) is 0 Å². The molecule has 4 nitrogen and oxygen atoms in total. The maximum absolute atomic E-state index is 13.2. The molecule has 2 fully saturated rings. The zero-order valence-electron chi connectivity index (χ0n) is 13.2. The van der Waals surface area contributed by atoms with Crippen molar-refractivity contribution in [3.63, 3.8) is 0 Å². The van der Waals surface area contributed by atoms with Gasteiger partial charge in [0.05, 0.1) is 17.0 Å². The van der Waals surface area contributed by atoms with Crippen molar-refractivity contribution in [3.05, 3.63) is 21.9 Å². The molecule has 0 radical (unpaired) electrons. The summed E-state index contributed by atoms with van der Waals surface area (Å²) >= 11 is 1.41. The van der Waals surface area contributed by atoms with Gasteiger partial charge in [-0.2, -0.15) is 0 Å². The second-order valence-corrected chi connectivity index (χ2v) is 7.73. The molecule has 2 aliphatic heterocycles. The van der Waals surface area contributed by atoms with Crippen LogP contribution in [0.3, 0.4) is 0 Å². The number of carbonyl (C=O) groups excluding carboxylic acids is 1. The van der Waals surface area contributed by atoms with Crippen molar-refractivity contribution in [3.8, 4) is 0 Å². The van der Waals surface area contributed by atoms with Crippen LogP contribution in [0.15, 0.2) is 11.4 Å². The topological polar surface area (TPSA) is 43.8 Å². The molecule has 1 N–H and O–H groups in total. The third-order valence-electron chi connectivity index (χ3n) is 4.67. The summed E-state index contributed by atoms with van der Waals surface area (Å²) in [5, 5.41) is 12.7. The number of aliphatic hydroxyl groups is 1. The van der Waals surface area contributed by atoms with Crippen molar-refractivity contribution in [2.45, 2.75) is 37.7 Å². The number of nitrogens with zero attached hydrogens (tertiary/aromatic N) is 2. The van der Waals surface area contributed by atoms with Crippen LogP contribution in [0.5, 0.6) is 0 Å². The summed E-state index contributed by atoms with van der Waals surface area (Å²) in [6.45, 7) is 3.68. The molecule has 1 aromatic rings. The number of rotatable bonds is 3. The Bertz CT molecular complexity index is 582. The molecule has 0 saturated carbocycles. The van der Waals surface area contributed by atoms with Gasteiger partial charge in [-0.25, -0.2) is 8.78 Å². The van der Waals surface area contributed by atoms with Gasteiger partial charge >= 0.3 is 0 Å². The van der Waals surface area contributed by atoms with E-state index in [2.05, 4.69) is 0 Å². The molecule has 1 amide bonds. The number of piperidine rings is 1. The van der Waals surface area contributed by atoms with E-state index in [4.69, 9.17) is 0 Å². The molecular formula is C16H22F2N2O2S. The van der Waals surface area contributed by atoms with Gasteiger partial charge in [0.25, 0.3) is 11.8 Å². The van der Waals surface area contributed by atoms with Crippen LogP contribution in [-0.2, 0) is 0 Å². The molecule has 0 unspecified atom stereocenters. The Balaban J connectivity index is 1.57. The number of alkyl halides is 2. The fourth-order valence-corrected chi connectivity index (χ4v) is 4.18. The molecule has 0 aromatic carbocycles. The molecule has 128 valence electrons. The van der Waals surface area contributed by atoms with Crippen molar-refractivity contribution in [2.75, 3.05) is 32.7 Å². The average Bonchev–Trinajstić information content (AvgIpc) is 3.07. The number of thiophene rings is 1. The number of halogens is 2. The normalized spacial score (nSPS) is 28.3. The molecule has 23 heavy (non-hydrogen) atoms. The highest BCUT2D eigenvalue weighted by Gasteiger charge is 2.42. The molecule has 3 heterocycles. The van der Waals surface area contributed by atoms with Crippen molar-refractivity contribution in [1.82, 2.24) is 9.80 Å². The molecule has 1 aromatic heterocycles. The lowest BCUT2D eigenvalue weighted by Gasteiger charge is -2.36. The van der Waals surface area contributed by atoms with E-state index in [0.29, 0.717) is 37.5 Å². The lowest BCUT2D eigenvalue weighted by Crippen LogP contribution is -2.49. The quantitative estimate of drug-likeness (QED) is 0.915. The highest BCUT2D eigenvalue weighted by molar-refractivity contribution is 7.12. The van der Waals surface area contributed by atoms with Gasteiger partial charge in [-0.3, -0.25) is 9.69 Å². The Hall–Kier alpha value is -1.05. The van der Waals surface area contributed by atoms with Gasteiger partial charge in [0.1, 0.15) is 0 Å². The summed E-state index contributed by atoms with van der Waals surface area (Å²) in [5.74, 6) is -2.63. The van der Waals surface area contributed by atoms with Crippen molar-refractivity contribution >= 4 is 17.2 Å². The summed E-state index contributed by atoms with van der Waals surface area (Å²) in [7, 11) is 0. The van der Waals surface area contributed by atoms with Crippen LogP contribution < -0.4 is 0 Å². The maximum atomic E-state index is 13.2. The number of carbonyl (C=O) groups is 1. The zero-order valence-corrected chi connectivity index (χ0v) is 14.0. The van der Waals surface area contributed by atoms with E-state index in [1.807, 2.05) is 23.3 Å². The number of hydrogen-bond donors (Lipinski definition) is 1. The molecule has 1 atom stereocenters. The zero-order chi connectivity index (χ0) is 16.7. The average molecular weight is 344 g/mol. The van der Waals surface area contributed by atoms with Gasteiger partial charge in [0.15, 0.2) is 0 Å². The molecule has 3 rings (SSSR count). The van der Waals surface area contributed by atoms with Crippen LogP contribution in [0.4, 0.5) is 8.78 Å². The van der Waals surface area contributed by atoms with Crippen LogP contribution in [0.2, 0.25) is 0 Å². The molecule has 0 bridgehead atoms. The fraction of sp³-hybridized carbons (Fsp3) is 0.688. The van der Waals surface area contributed by atoms with Crippen LogP contribution >= 0.6 is 11.3 Å². The summed E-state index contributed by atoms with van der Waals surface area (Å²) in [6, 6.07) is 1.86. The van der Waals surface area contributed by atoms with E-state index in [9.17, 15) is 18.7 Å². The summed E-state index contributed by atoms with van der Waals surface area (Å²) < 4.78 is 26.4. The highest BCUT2D eigenvalue weighted by Crippen LogP contribution is 2.31. The van der Waals surface area contributed by atoms with E-state index < -0.39 is 11.5 Å². The molecule has 2 aliphatic rings. The van der Waals surface area contributed by atoms with Crippen LogP contribution in [-0.4, -0.2) is 65.1 Å². The van der Waals surface area contributed by atoms with Gasteiger partial charge in [-0.1, -0.05) is 0 Å². The monoisotopic (exact) mass is 344 g/mol. The Kier molecular flexibility index (Phi) is 4.46. The van der Waals surface area contributed by atoms with Gasteiger partial charge < -0.3 is 10.0 Å². The van der Waals surface area contributed by atoms with E-state index in [1.165, 1.54) is 11.3 Å². The number of β-amino-alcohol motifs (C(OH)–C–C–N with tert-alkyl or cyclic N) is 1. The largest absolute Gasteiger partial charge is 0.387 e. The minimum absolute atomic E-state index is 0.0517. The highest BCUT2D eigenvalue weighted by atomic mass is 32.1. The van der Waals surface area contributed by atoms with Crippen LogP contribution in [0.1, 0.15) is 34.5 Å². The van der Waals surface area contributed by atoms with Gasteiger partial charge in [-0.15, -0.1) is 11.3 Å². The first-order valence-corrected chi connectivity index (χ1v) is 8.81. The first-order valence-electron chi connectivity index (χ1n) is 7.93. The van der Waals surface area contributed by atoms with Crippen molar-refractivity contribution in [1.29, 1.82) is 0 Å². The predicted molar refractivity (Wildman–Crippen MR) is 85.1 cm³/mol. The minimum atomic E-state index is -2.58. The lowest BCUT2D eigenvalue weighted by atomic mass is 10.00. The maximum Gasteiger partial charge on any atom is 0.264 e. The number of amides is 1. The smallest absolute Gasteiger partial charge is 0.264 e. The Morgan fingerprint density at radius 3 is 2.61 bits per heavy atom. The number of aryl methyl sites for hydroxylation is 1. The van der Waals surface area contributed by atoms with E-state index >= 15 is 0 Å². The van der Waals surface area contributed by atoms with Gasteiger partial charge in [0.2, 0.25) is 0 Å². The fourth-order valence-electron chi connectivity index (χ4n) is 3.31. The van der Waals surface area contributed by atoms with Crippen molar-refractivity contribution < 1.29 is 18.7 Å². The number of likely N-dealkylation sites (tertiary alicyclic amines) is 2. The van der Waals surface area contributed by atoms with E-state index in [1.54, 1.807) is 4.90 Å².